The maximum absolute atomic E-state index is 12.1. The SMILES string of the molecule is N#Cc1cc(O)cc(OC(F)F)c1CC(=O)O. The number of phenols is 1. The van der Waals surface area contributed by atoms with Gasteiger partial charge < -0.3 is 14.9 Å². The van der Waals surface area contributed by atoms with Gasteiger partial charge in [-0.3, -0.25) is 4.79 Å². The molecule has 0 saturated heterocycles. The Bertz CT molecular complexity index is 482. The number of benzene rings is 1. The van der Waals surface area contributed by atoms with Crippen molar-refractivity contribution in [1.82, 2.24) is 0 Å². The fourth-order valence-corrected chi connectivity index (χ4v) is 1.27. The summed E-state index contributed by atoms with van der Waals surface area (Å²) in [6, 6.07) is 3.43. The van der Waals surface area contributed by atoms with E-state index in [1.807, 2.05) is 0 Å². The molecule has 0 radical (unpaired) electrons. The van der Waals surface area contributed by atoms with Crippen LogP contribution in [0.1, 0.15) is 11.1 Å². The van der Waals surface area contributed by atoms with E-state index >= 15 is 0 Å². The molecule has 2 N–H and O–H groups in total. The zero-order chi connectivity index (χ0) is 13.0. The number of aromatic hydroxyl groups is 1. The minimum atomic E-state index is -3.17. The number of carbonyl (C=O) groups is 1. The topological polar surface area (TPSA) is 90.5 Å². The lowest BCUT2D eigenvalue weighted by Gasteiger charge is -2.11. The minimum Gasteiger partial charge on any atom is -0.508 e. The lowest BCUT2D eigenvalue weighted by atomic mass is 10.0. The molecule has 0 heterocycles. The minimum absolute atomic E-state index is 0.196. The first-order valence-corrected chi connectivity index (χ1v) is 4.36. The Morgan fingerprint density at radius 2 is 2.18 bits per heavy atom. The van der Waals surface area contributed by atoms with E-state index in [9.17, 15) is 18.7 Å². The lowest BCUT2D eigenvalue weighted by Crippen LogP contribution is -2.09. The van der Waals surface area contributed by atoms with Crippen LogP contribution in [0.5, 0.6) is 11.5 Å². The molecular weight excluding hydrogens is 236 g/mol. The summed E-state index contributed by atoms with van der Waals surface area (Å²) in [5, 5.41) is 26.5. The summed E-state index contributed by atoms with van der Waals surface area (Å²) >= 11 is 0. The summed E-state index contributed by atoms with van der Waals surface area (Å²) in [6.07, 6.45) is -0.648. The predicted molar refractivity (Wildman–Crippen MR) is 50.8 cm³/mol. The molecule has 90 valence electrons. The van der Waals surface area contributed by atoms with Crippen LogP contribution in [0.15, 0.2) is 12.1 Å². The second-order valence-corrected chi connectivity index (χ2v) is 3.03. The number of hydrogen-bond acceptors (Lipinski definition) is 4. The first-order chi connectivity index (χ1) is 7.93. The fourth-order valence-electron chi connectivity index (χ4n) is 1.27. The van der Waals surface area contributed by atoms with E-state index in [0.717, 1.165) is 12.1 Å². The van der Waals surface area contributed by atoms with Crippen LogP contribution >= 0.6 is 0 Å². The molecule has 0 saturated carbocycles. The van der Waals surface area contributed by atoms with Crippen molar-refractivity contribution < 1.29 is 28.5 Å². The molecule has 0 unspecified atom stereocenters. The van der Waals surface area contributed by atoms with Gasteiger partial charge in [-0.25, -0.2) is 0 Å². The molecule has 1 aromatic rings. The van der Waals surface area contributed by atoms with Crippen LogP contribution in [-0.4, -0.2) is 22.8 Å². The quantitative estimate of drug-likeness (QED) is 0.836. The van der Waals surface area contributed by atoms with Gasteiger partial charge in [0.05, 0.1) is 18.1 Å². The van der Waals surface area contributed by atoms with E-state index < -0.39 is 30.5 Å². The van der Waals surface area contributed by atoms with Crippen molar-refractivity contribution in [1.29, 1.82) is 5.26 Å². The van der Waals surface area contributed by atoms with E-state index in [1.54, 1.807) is 6.07 Å². The number of hydrogen-bond donors (Lipinski definition) is 2. The number of ether oxygens (including phenoxy) is 1. The maximum Gasteiger partial charge on any atom is 0.387 e. The second kappa shape index (κ2) is 5.12. The van der Waals surface area contributed by atoms with Crippen LogP contribution < -0.4 is 4.74 Å². The molecule has 1 rings (SSSR count). The molecule has 0 spiro atoms. The normalized spacial score (nSPS) is 10.0. The average Bonchev–Trinajstić information content (AvgIpc) is 2.20. The molecule has 1 aromatic carbocycles. The number of alkyl halides is 2. The van der Waals surface area contributed by atoms with Crippen molar-refractivity contribution in [3.05, 3.63) is 23.3 Å². The number of halogens is 2. The summed E-state index contributed by atoms with van der Waals surface area (Å²) < 4.78 is 28.2. The molecule has 0 aliphatic heterocycles. The highest BCUT2D eigenvalue weighted by atomic mass is 19.3. The van der Waals surface area contributed by atoms with Crippen molar-refractivity contribution in [3.8, 4) is 17.6 Å². The summed E-state index contributed by atoms with van der Waals surface area (Å²) in [7, 11) is 0. The summed E-state index contributed by atoms with van der Waals surface area (Å²) in [5.41, 5.74) is -0.416. The zero-order valence-electron chi connectivity index (χ0n) is 8.35. The molecule has 17 heavy (non-hydrogen) atoms. The third kappa shape index (κ3) is 3.31. The Morgan fingerprint density at radius 3 is 2.65 bits per heavy atom. The van der Waals surface area contributed by atoms with Gasteiger partial charge in [0.25, 0.3) is 0 Å². The highest BCUT2D eigenvalue weighted by Gasteiger charge is 2.17. The van der Waals surface area contributed by atoms with Crippen molar-refractivity contribution in [2.45, 2.75) is 13.0 Å². The van der Waals surface area contributed by atoms with E-state index in [2.05, 4.69) is 4.74 Å². The van der Waals surface area contributed by atoms with Crippen molar-refractivity contribution in [3.63, 3.8) is 0 Å². The number of nitrogens with zero attached hydrogens (tertiary/aromatic N) is 1. The largest absolute Gasteiger partial charge is 0.508 e. The van der Waals surface area contributed by atoms with Gasteiger partial charge in [-0.1, -0.05) is 0 Å². The van der Waals surface area contributed by atoms with E-state index in [4.69, 9.17) is 10.4 Å². The Morgan fingerprint density at radius 1 is 1.53 bits per heavy atom. The van der Waals surface area contributed by atoms with Crippen molar-refractivity contribution in [2.24, 2.45) is 0 Å². The van der Waals surface area contributed by atoms with Gasteiger partial charge in [0.2, 0.25) is 0 Å². The number of carboxylic acids is 1. The number of phenolic OH excluding ortho intramolecular Hbond substituents is 1. The first kappa shape index (κ1) is 12.7. The van der Waals surface area contributed by atoms with Crippen molar-refractivity contribution in [2.75, 3.05) is 0 Å². The Balaban J connectivity index is 3.29. The molecule has 0 aliphatic rings. The highest BCUT2D eigenvalue weighted by Crippen LogP contribution is 2.29. The van der Waals surface area contributed by atoms with Crippen LogP contribution in [0.4, 0.5) is 8.78 Å². The van der Waals surface area contributed by atoms with E-state index in [0.29, 0.717) is 0 Å². The molecule has 0 aromatic heterocycles. The standard InChI is InChI=1S/C10H7F2NO4/c11-10(12)17-8-2-6(14)1-5(4-13)7(8)3-9(15)16/h1-2,10,14H,3H2,(H,15,16). The molecule has 0 bridgehead atoms. The Labute approximate surface area is 94.5 Å². The summed E-state index contributed by atoms with van der Waals surface area (Å²) in [4.78, 5) is 10.5. The highest BCUT2D eigenvalue weighted by molar-refractivity contribution is 5.73. The monoisotopic (exact) mass is 243 g/mol. The van der Waals surface area contributed by atoms with Crippen LogP contribution in [-0.2, 0) is 11.2 Å². The Kier molecular flexibility index (Phi) is 3.82. The third-order valence-electron chi connectivity index (χ3n) is 1.86. The Hall–Kier alpha value is -2.36. The van der Waals surface area contributed by atoms with Crippen LogP contribution in [0.2, 0.25) is 0 Å². The van der Waals surface area contributed by atoms with Gasteiger partial charge in [-0.15, -0.1) is 0 Å². The molecule has 5 nitrogen and oxygen atoms in total. The van der Waals surface area contributed by atoms with E-state index in [-0.39, 0.29) is 11.1 Å². The van der Waals surface area contributed by atoms with Gasteiger partial charge in [0.1, 0.15) is 11.5 Å². The third-order valence-corrected chi connectivity index (χ3v) is 1.86. The number of rotatable bonds is 4. The molecule has 0 amide bonds. The average molecular weight is 243 g/mol. The predicted octanol–water partition coefficient (Wildman–Crippen LogP) is 1.49. The molecule has 7 heteroatoms. The maximum atomic E-state index is 12.1. The molecule has 0 atom stereocenters. The fraction of sp³-hybridized carbons (Fsp3) is 0.200. The van der Waals surface area contributed by atoms with Crippen molar-refractivity contribution >= 4 is 5.97 Å². The van der Waals surface area contributed by atoms with E-state index in [1.165, 1.54) is 0 Å². The number of aliphatic carboxylic acids is 1. The van der Waals surface area contributed by atoms with Gasteiger partial charge in [-0.05, 0) is 6.07 Å². The first-order valence-electron chi connectivity index (χ1n) is 4.36. The zero-order valence-corrected chi connectivity index (χ0v) is 8.35. The molecular formula is C10H7F2NO4. The summed E-state index contributed by atoms with van der Waals surface area (Å²) in [6.45, 7) is -3.17. The van der Waals surface area contributed by atoms with Gasteiger partial charge in [0, 0.05) is 11.6 Å². The number of carboxylic acid groups (broad SMARTS) is 1. The van der Waals surface area contributed by atoms with Crippen LogP contribution in [0, 0.1) is 11.3 Å². The molecule has 0 fully saturated rings. The van der Waals surface area contributed by atoms with Gasteiger partial charge in [0.15, 0.2) is 0 Å². The molecule has 0 aliphatic carbocycles. The van der Waals surface area contributed by atoms with Gasteiger partial charge in [-0.2, -0.15) is 14.0 Å². The number of nitriles is 1. The lowest BCUT2D eigenvalue weighted by molar-refractivity contribution is -0.136. The van der Waals surface area contributed by atoms with Crippen LogP contribution in [0.25, 0.3) is 0 Å². The second-order valence-electron chi connectivity index (χ2n) is 3.03. The summed E-state index contributed by atoms with van der Waals surface area (Å²) in [5.74, 6) is -2.27. The van der Waals surface area contributed by atoms with Gasteiger partial charge >= 0.3 is 12.6 Å². The smallest absolute Gasteiger partial charge is 0.387 e. The van der Waals surface area contributed by atoms with Crippen LogP contribution in [0.3, 0.4) is 0 Å².